The Hall–Kier alpha value is -3.79. The van der Waals surface area contributed by atoms with E-state index in [2.05, 4.69) is 0 Å². The van der Waals surface area contributed by atoms with Crippen LogP contribution in [-0.4, -0.2) is 73.9 Å². The van der Waals surface area contributed by atoms with Gasteiger partial charge in [0, 0.05) is 17.9 Å². The molecule has 4 rings (SSSR count). The van der Waals surface area contributed by atoms with Crippen LogP contribution < -0.4 is 14.2 Å². The van der Waals surface area contributed by atoms with Crippen LogP contribution in [0, 0.1) is 0 Å². The quantitative estimate of drug-likeness (QED) is 0.294. The predicted molar refractivity (Wildman–Crippen MR) is 149 cm³/mol. The van der Waals surface area contributed by atoms with Crippen LogP contribution in [0.15, 0.2) is 72.8 Å². The molecular weight excluding hydrogens is 514 g/mol. The normalized spacial score (nSPS) is 18.8. The number of carbonyl (C=O) groups is 1. The molecule has 40 heavy (non-hydrogen) atoms. The van der Waals surface area contributed by atoms with Crippen LogP contribution in [0.2, 0.25) is 0 Å². The van der Waals surface area contributed by atoms with Crippen LogP contribution in [0.25, 0.3) is 0 Å². The van der Waals surface area contributed by atoms with Gasteiger partial charge >= 0.3 is 6.09 Å². The minimum Gasteiger partial charge on any atom is -0.497 e. The average Bonchev–Trinajstić information content (AvgIpc) is 2.98. The Morgan fingerprint density at radius 1 is 0.875 bits per heavy atom. The summed E-state index contributed by atoms with van der Waals surface area (Å²) in [6, 6.07) is 22.8. The third-order valence-corrected chi connectivity index (χ3v) is 6.93. The zero-order valence-electron chi connectivity index (χ0n) is 22.9. The molecule has 0 saturated carbocycles. The second kappa shape index (κ2) is 14.6. The number of methoxy groups -OCH3 is 2. The maximum atomic E-state index is 11.7. The Labute approximate surface area is 234 Å². The molecule has 0 spiro atoms. The van der Waals surface area contributed by atoms with Crippen molar-refractivity contribution in [3.8, 4) is 17.2 Å². The molecule has 3 aromatic rings. The number of piperidine rings is 1. The summed E-state index contributed by atoms with van der Waals surface area (Å²) in [7, 11) is 3.25. The SMILES string of the molecule is COc1ccc(COC2CN(C(=O)O)CC(O)C2c2ccc(OCCCOCc3ccccc3OC)cc2)cc1. The number of rotatable bonds is 13. The molecule has 2 N–H and O–H groups in total. The molecule has 0 bridgehead atoms. The van der Waals surface area contributed by atoms with Crippen molar-refractivity contribution in [2.24, 2.45) is 0 Å². The molecule has 9 heteroatoms. The zero-order chi connectivity index (χ0) is 28.3. The van der Waals surface area contributed by atoms with Crippen LogP contribution in [0.4, 0.5) is 4.79 Å². The van der Waals surface area contributed by atoms with Gasteiger partial charge in [0.2, 0.25) is 0 Å². The fourth-order valence-corrected chi connectivity index (χ4v) is 4.81. The van der Waals surface area contributed by atoms with Crippen LogP contribution in [-0.2, 0) is 22.7 Å². The van der Waals surface area contributed by atoms with Crippen LogP contribution >= 0.6 is 0 Å². The highest BCUT2D eigenvalue weighted by molar-refractivity contribution is 5.65. The van der Waals surface area contributed by atoms with E-state index in [0.717, 1.165) is 34.6 Å². The van der Waals surface area contributed by atoms with E-state index in [1.165, 1.54) is 4.90 Å². The highest BCUT2D eigenvalue weighted by Crippen LogP contribution is 2.33. The number of benzene rings is 3. The predicted octanol–water partition coefficient (Wildman–Crippen LogP) is 4.71. The fourth-order valence-electron chi connectivity index (χ4n) is 4.81. The number of likely N-dealkylation sites (tertiary alicyclic amines) is 1. The summed E-state index contributed by atoms with van der Waals surface area (Å²) in [4.78, 5) is 12.9. The summed E-state index contributed by atoms with van der Waals surface area (Å²) < 4.78 is 28.4. The first-order valence-corrected chi connectivity index (χ1v) is 13.3. The number of carboxylic acid groups (broad SMARTS) is 1. The largest absolute Gasteiger partial charge is 0.497 e. The molecule has 3 atom stereocenters. The average molecular weight is 552 g/mol. The number of ether oxygens (including phenoxy) is 5. The molecule has 1 aliphatic heterocycles. The van der Waals surface area contributed by atoms with E-state index in [0.29, 0.717) is 25.6 Å². The molecule has 1 aliphatic rings. The molecule has 3 unspecified atom stereocenters. The summed E-state index contributed by atoms with van der Waals surface area (Å²) in [5, 5.41) is 20.5. The number of nitrogens with zero attached hydrogens (tertiary/aromatic N) is 1. The van der Waals surface area contributed by atoms with E-state index >= 15 is 0 Å². The Balaban J connectivity index is 1.30. The van der Waals surface area contributed by atoms with Gasteiger partial charge in [-0.05, 0) is 41.5 Å². The molecule has 1 fully saturated rings. The van der Waals surface area contributed by atoms with Crippen molar-refractivity contribution in [3.05, 3.63) is 89.5 Å². The van der Waals surface area contributed by atoms with E-state index < -0.39 is 18.3 Å². The van der Waals surface area contributed by atoms with Gasteiger partial charge in [0.05, 0.1) is 65.9 Å². The molecular formula is C31H37NO8. The third kappa shape index (κ3) is 7.88. The molecule has 1 heterocycles. The van der Waals surface area contributed by atoms with Crippen molar-refractivity contribution in [2.75, 3.05) is 40.5 Å². The summed E-state index contributed by atoms with van der Waals surface area (Å²) in [6.45, 7) is 2.00. The van der Waals surface area contributed by atoms with E-state index in [-0.39, 0.29) is 25.6 Å². The molecule has 9 nitrogen and oxygen atoms in total. The van der Waals surface area contributed by atoms with Crippen molar-refractivity contribution in [1.82, 2.24) is 4.90 Å². The fraction of sp³-hybridized carbons (Fsp3) is 0.387. The van der Waals surface area contributed by atoms with Crippen molar-refractivity contribution in [3.63, 3.8) is 0 Å². The van der Waals surface area contributed by atoms with Gasteiger partial charge in [-0.25, -0.2) is 4.79 Å². The number of β-amino-alcohol motifs (C(OH)–C–C–N with tert-alkyl or cyclic N) is 1. The van der Waals surface area contributed by atoms with Gasteiger partial charge in [-0.1, -0.05) is 42.5 Å². The van der Waals surface area contributed by atoms with Crippen molar-refractivity contribution >= 4 is 6.09 Å². The minimum atomic E-state index is -1.08. The van der Waals surface area contributed by atoms with Gasteiger partial charge in [-0.2, -0.15) is 0 Å². The lowest BCUT2D eigenvalue weighted by Gasteiger charge is -2.40. The highest BCUT2D eigenvalue weighted by Gasteiger charge is 2.39. The Bertz CT molecular complexity index is 1200. The first-order valence-electron chi connectivity index (χ1n) is 13.3. The minimum absolute atomic E-state index is 0.0233. The molecule has 0 aliphatic carbocycles. The van der Waals surface area contributed by atoms with Gasteiger partial charge in [0.15, 0.2) is 0 Å². The van der Waals surface area contributed by atoms with Gasteiger partial charge in [-0.3, -0.25) is 0 Å². The van der Waals surface area contributed by atoms with Gasteiger partial charge in [0.1, 0.15) is 17.2 Å². The monoisotopic (exact) mass is 551 g/mol. The molecule has 214 valence electrons. The first kappa shape index (κ1) is 29.2. The second-order valence-electron chi connectivity index (χ2n) is 9.61. The van der Waals surface area contributed by atoms with Crippen molar-refractivity contribution in [2.45, 2.75) is 37.8 Å². The second-order valence-corrected chi connectivity index (χ2v) is 9.61. The van der Waals surface area contributed by atoms with Crippen LogP contribution in [0.1, 0.15) is 29.0 Å². The van der Waals surface area contributed by atoms with Gasteiger partial charge in [-0.15, -0.1) is 0 Å². The number of para-hydroxylation sites is 1. The summed E-state index contributed by atoms with van der Waals surface area (Å²) >= 11 is 0. The van der Waals surface area contributed by atoms with Gasteiger partial charge in [0.25, 0.3) is 0 Å². The van der Waals surface area contributed by atoms with Gasteiger partial charge < -0.3 is 38.8 Å². The molecule has 1 saturated heterocycles. The van der Waals surface area contributed by atoms with Crippen molar-refractivity contribution < 1.29 is 38.7 Å². The maximum absolute atomic E-state index is 11.7. The molecule has 0 radical (unpaired) electrons. The number of amides is 1. The summed E-state index contributed by atoms with van der Waals surface area (Å²) in [5.74, 6) is 1.88. The maximum Gasteiger partial charge on any atom is 0.407 e. The molecule has 1 amide bonds. The Kier molecular flexibility index (Phi) is 10.6. The summed E-state index contributed by atoms with van der Waals surface area (Å²) in [5.41, 5.74) is 2.80. The lowest BCUT2D eigenvalue weighted by Crippen LogP contribution is -2.53. The van der Waals surface area contributed by atoms with E-state index in [1.807, 2.05) is 72.8 Å². The lowest BCUT2D eigenvalue weighted by atomic mass is 9.84. The van der Waals surface area contributed by atoms with Crippen molar-refractivity contribution in [1.29, 1.82) is 0 Å². The number of hydrogen-bond donors (Lipinski definition) is 2. The zero-order valence-corrected chi connectivity index (χ0v) is 22.9. The number of aliphatic hydroxyl groups excluding tert-OH is 1. The topological polar surface area (TPSA) is 107 Å². The smallest absolute Gasteiger partial charge is 0.407 e. The number of hydrogen-bond acceptors (Lipinski definition) is 7. The Morgan fingerprint density at radius 2 is 1.60 bits per heavy atom. The van der Waals surface area contributed by atoms with E-state index in [9.17, 15) is 15.0 Å². The standard InChI is InChI=1S/C31H37NO8/c1-36-25-12-8-22(9-13-25)20-40-29-19-32(31(34)35)18-27(33)30(29)23-10-14-26(15-11-23)39-17-5-16-38-21-24-6-3-4-7-28(24)37-2/h3-4,6-15,27,29-30,33H,5,16-21H2,1-2H3,(H,34,35). The molecule has 3 aromatic carbocycles. The lowest BCUT2D eigenvalue weighted by molar-refractivity contribution is -0.0660. The third-order valence-electron chi connectivity index (χ3n) is 6.93. The first-order chi connectivity index (χ1) is 19.5. The van der Waals surface area contributed by atoms with E-state index in [4.69, 9.17) is 23.7 Å². The van der Waals surface area contributed by atoms with E-state index in [1.54, 1.807) is 14.2 Å². The molecule has 0 aromatic heterocycles. The highest BCUT2D eigenvalue weighted by atomic mass is 16.5. The Morgan fingerprint density at radius 3 is 2.30 bits per heavy atom. The summed E-state index contributed by atoms with van der Waals surface area (Å²) in [6.07, 6.45) is -1.77. The number of aliphatic hydroxyl groups is 1. The van der Waals surface area contributed by atoms with Crippen LogP contribution in [0.5, 0.6) is 17.2 Å². The van der Waals surface area contributed by atoms with Crippen LogP contribution in [0.3, 0.4) is 0 Å².